The summed E-state index contributed by atoms with van der Waals surface area (Å²) in [4.78, 5) is 16.8. The number of ether oxygens (including phenoxy) is 1. The molecule has 0 aliphatic carbocycles. The molecule has 1 aliphatic heterocycles. The smallest absolute Gasteiger partial charge is 0.269 e. The van der Waals surface area contributed by atoms with E-state index in [9.17, 15) is 14.5 Å². The van der Waals surface area contributed by atoms with Crippen LogP contribution in [0.5, 0.6) is 0 Å². The molecule has 148 valence electrons. The molecule has 2 atom stereocenters. The molecule has 3 rings (SSSR count). The normalized spacial score (nSPS) is 20.1. The van der Waals surface area contributed by atoms with Crippen LogP contribution in [0.4, 0.5) is 10.1 Å². The van der Waals surface area contributed by atoms with Gasteiger partial charge in [-0.15, -0.1) is 0 Å². The van der Waals surface area contributed by atoms with E-state index in [1.54, 1.807) is 31.3 Å². The van der Waals surface area contributed by atoms with Crippen LogP contribution in [0.2, 0.25) is 0 Å². The Balaban J connectivity index is 1.65. The molecule has 0 aromatic heterocycles. The lowest BCUT2D eigenvalue weighted by Gasteiger charge is -2.38. The molecule has 0 amide bonds. The number of guanidine groups is 1. The number of benzene rings is 2. The highest BCUT2D eigenvalue weighted by Gasteiger charge is 2.28. The van der Waals surface area contributed by atoms with E-state index in [0.717, 1.165) is 17.1 Å². The van der Waals surface area contributed by atoms with Crippen molar-refractivity contribution < 1.29 is 14.1 Å². The van der Waals surface area contributed by atoms with Gasteiger partial charge < -0.3 is 15.0 Å². The van der Waals surface area contributed by atoms with Crippen molar-refractivity contribution in [3.8, 4) is 0 Å². The molecule has 1 heterocycles. The van der Waals surface area contributed by atoms with Crippen molar-refractivity contribution in [3.05, 3.63) is 75.6 Å². The largest absolute Gasteiger partial charge is 0.367 e. The molecular weight excluding hydrogens is 363 g/mol. The molecule has 0 spiro atoms. The number of hydrogen-bond donors (Lipinski definition) is 1. The molecule has 8 heteroatoms. The van der Waals surface area contributed by atoms with Gasteiger partial charge >= 0.3 is 0 Å². The van der Waals surface area contributed by atoms with Gasteiger partial charge in [0, 0.05) is 32.3 Å². The minimum atomic E-state index is -0.416. The number of nitro benzene ring substituents is 1. The minimum Gasteiger partial charge on any atom is -0.367 e. The van der Waals surface area contributed by atoms with E-state index in [0.29, 0.717) is 19.6 Å². The summed E-state index contributed by atoms with van der Waals surface area (Å²) in [6.45, 7) is 3.76. The first-order chi connectivity index (χ1) is 13.5. The molecule has 1 fully saturated rings. The Labute approximate surface area is 163 Å². The Morgan fingerprint density at radius 2 is 1.93 bits per heavy atom. The molecule has 2 aromatic rings. The summed E-state index contributed by atoms with van der Waals surface area (Å²) in [5, 5.41) is 14.1. The number of nitrogens with one attached hydrogen (secondary N) is 1. The van der Waals surface area contributed by atoms with Crippen LogP contribution >= 0.6 is 0 Å². The number of aliphatic imine (C=N–C) groups is 1. The van der Waals surface area contributed by atoms with Crippen LogP contribution < -0.4 is 5.32 Å². The SMILES string of the molecule is CN=C(NCc1ccc([N+](=O)[O-])cc1)N1CC(C)OC(c2ccc(F)cc2)C1. The fourth-order valence-corrected chi connectivity index (χ4v) is 3.23. The number of non-ortho nitro benzene ring substituents is 1. The van der Waals surface area contributed by atoms with E-state index in [2.05, 4.69) is 15.2 Å². The van der Waals surface area contributed by atoms with Gasteiger partial charge in [0.2, 0.25) is 0 Å². The van der Waals surface area contributed by atoms with E-state index >= 15 is 0 Å². The van der Waals surface area contributed by atoms with Gasteiger partial charge in [-0.25, -0.2) is 4.39 Å². The van der Waals surface area contributed by atoms with Gasteiger partial charge in [0.25, 0.3) is 5.69 Å². The maximum atomic E-state index is 13.2. The molecule has 28 heavy (non-hydrogen) atoms. The third-order valence-electron chi connectivity index (χ3n) is 4.61. The number of rotatable bonds is 4. The second-order valence-electron chi connectivity index (χ2n) is 6.72. The lowest BCUT2D eigenvalue weighted by molar-refractivity contribution is -0.384. The predicted molar refractivity (Wildman–Crippen MR) is 105 cm³/mol. The van der Waals surface area contributed by atoms with Gasteiger partial charge in [-0.3, -0.25) is 15.1 Å². The second kappa shape index (κ2) is 8.79. The van der Waals surface area contributed by atoms with Crippen molar-refractivity contribution in [1.82, 2.24) is 10.2 Å². The van der Waals surface area contributed by atoms with Crippen molar-refractivity contribution in [3.63, 3.8) is 0 Å². The summed E-state index contributed by atoms with van der Waals surface area (Å²) in [5.41, 5.74) is 1.91. The van der Waals surface area contributed by atoms with Crippen LogP contribution in [0.1, 0.15) is 24.2 Å². The fraction of sp³-hybridized carbons (Fsp3) is 0.350. The molecule has 0 bridgehead atoms. The van der Waals surface area contributed by atoms with Gasteiger partial charge in [0.15, 0.2) is 5.96 Å². The standard InChI is InChI=1S/C20H23FN4O3/c1-14-12-24(13-19(28-14)16-5-7-17(21)8-6-16)20(22-2)23-11-15-3-9-18(10-4-15)25(26)27/h3-10,14,19H,11-13H2,1-2H3,(H,22,23). The summed E-state index contributed by atoms with van der Waals surface area (Å²) >= 11 is 0. The maximum Gasteiger partial charge on any atom is 0.269 e. The van der Waals surface area contributed by atoms with Crippen molar-refractivity contribution in [1.29, 1.82) is 0 Å². The topological polar surface area (TPSA) is 80.0 Å². The summed E-state index contributed by atoms with van der Waals surface area (Å²) in [6.07, 6.45) is -0.191. The van der Waals surface area contributed by atoms with E-state index < -0.39 is 4.92 Å². The Hall–Kier alpha value is -3.00. The molecule has 0 radical (unpaired) electrons. The van der Waals surface area contributed by atoms with Crippen molar-refractivity contribution >= 4 is 11.6 Å². The van der Waals surface area contributed by atoms with Crippen molar-refractivity contribution in [2.45, 2.75) is 25.7 Å². The first-order valence-corrected chi connectivity index (χ1v) is 9.06. The fourth-order valence-electron chi connectivity index (χ4n) is 3.23. The molecule has 0 saturated carbocycles. The van der Waals surface area contributed by atoms with Crippen LogP contribution in [0.3, 0.4) is 0 Å². The zero-order valence-electron chi connectivity index (χ0n) is 15.8. The highest BCUT2D eigenvalue weighted by molar-refractivity contribution is 5.80. The molecule has 1 N–H and O–H groups in total. The number of hydrogen-bond acceptors (Lipinski definition) is 4. The number of halogens is 1. The average Bonchev–Trinajstić information content (AvgIpc) is 2.69. The summed E-state index contributed by atoms with van der Waals surface area (Å²) in [7, 11) is 1.71. The Bertz CT molecular complexity index is 840. The van der Waals surface area contributed by atoms with E-state index in [-0.39, 0.29) is 23.7 Å². The highest BCUT2D eigenvalue weighted by atomic mass is 19.1. The van der Waals surface area contributed by atoms with Crippen molar-refractivity contribution in [2.24, 2.45) is 4.99 Å². The highest BCUT2D eigenvalue weighted by Crippen LogP contribution is 2.25. The molecule has 2 unspecified atom stereocenters. The lowest BCUT2D eigenvalue weighted by atomic mass is 10.1. The van der Waals surface area contributed by atoms with Gasteiger partial charge in [0.1, 0.15) is 11.9 Å². The summed E-state index contributed by atoms with van der Waals surface area (Å²) in [5.74, 6) is 0.450. The number of nitro groups is 1. The molecule has 7 nitrogen and oxygen atoms in total. The third kappa shape index (κ3) is 4.83. The summed E-state index contributed by atoms with van der Waals surface area (Å²) in [6, 6.07) is 12.8. The molecule has 1 aliphatic rings. The number of morpholine rings is 1. The average molecular weight is 386 g/mol. The quantitative estimate of drug-likeness (QED) is 0.378. The van der Waals surface area contributed by atoms with Crippen molar-refractivity contribution in [2.75, 3.05) is 20.1 Å². The zero-order chi connectivity index (χ0) is 20.1. The first-order valence-electron chi connectivity index (χ1n) is 9.06. The predicted octanol–water partition coefficient (Wildman–Crippen LogP) is 3.27. The summed E-state index contributed by atoms with van der Waals surface area (Å²) < 4.78 is 19.2. The minimum absolute atomic E-state index is 0.0123. The van der Waals surface area contributed by atoms with Gasteiger partial charge in [0.05, 0.1) is 17.6 Å². The third-order valence-corrected chi connectivity index (χ3v) is 4.61. The maximum absolute atomic E-state index is 13.2. The van der Waals surface area contributed by atoms with Crippen LogP contribution in [0, 0.1) is 15.9 Å². The van der Waals surface area contributed by atoms with Gasteiger partial charge in [-0.05, 0) is 30.2 Å². The van der Waals surface area contributed by atoms with Crippen LogP contribution in [-0.4, -0.2) is 42.0 Å². The zero-order valence-corrected chi connectivity index (χ0v) is 15.8. The van der Waals surface area contributed by atoms with Crippen LogP contribution in [-0.2, 0) is 11.3 Å². The van der Waals surface area contributed by atoms with Gasteiger partial charge in [-0.1, -0.05) is 24.3 Å². The lowest BCUT2D eigenvalue weighted by Crippen LogP contribution is -2.50. The molecule has 1 saturated heterocycles. The van der Waals surface area contributed by atoms with Crippen LogP contribution in [0.15, 0.2) is 53.5 Å². The van der Waals surface area contributed by atoms with Gasteiger partial charge in [-0.2, -0.15) is 0 Å². The second-order valence-corrected chi connectivity index (χ2v) is 6.72. The van der Waals surface area contributed by atoms with Crippen LogP contribution in [0.25, 0.3) is 0 Å². The Kier molecular flexibility index (Phi) is 6.20. The molecular formula is C20H23FN4O3. The van der Waals surface area contributed by atoms with E-state index in [1.165, 1.54) is 24.3 Å². The Morgan fingerprint density at radius 3 is 2.54 bits per heavy atom. The monoisotopic (exact) mass is 386 g/mol. The van der Waals surface area contributed by atoms with E-state index in [1.807, 2.05) is 6.92 Å². The van der Waals surface area contributed by atoms with E-state index in [4.69, 9.17) is 4.74 Å². The Morgan fingerprint density at radius 1 is 1.25 bits per heavy atom. The first kappa shape index (κ1) is 19.8. The number of nitrogens with zero attached hydrogens (tertiary/aromatic N) is 3. The molecule has 2 aromatic carbocycles.